The molecule has 0 aliphatic carbocycles. The molecule has 1 heteroatoms. The molecule has 0 bridgehead atoms. The molecule has 0 unspecified atom stereocenters. The average molecular weight is 186 g/mol. The maximum Gasteiger partial charge on any atom is 0.118 e. The monoisotopic (exact) mass is 186 g/mol. The van der Waals surface area contributed by atoms with Gasteiger partial charge in [-0.2, -0.15) is 0 Å². The van der Waals surface area contributed by atoms with Crippen LogP contribution in [0.3, 0.4) is 0 Å². The van der Waals surface area contributed by atoms with Gasteiger partial charge in [0, 0.05) is 12.0 Å². The van der Waals surface area contributed by atoms with Crippen molar-refractivity contribution < 1.29 is 5.11 Å². The van der Waals surface area contributed by atoms with E-state index in [-0.39, 0.29) is 0 Å². The third-order valence-electron chi connectivity index (χ3n) is 1.82. The van der Waals surface area contributed by atoms with Crippen LogP contribution in [-0.4, -0.2) is 11.2 Å². The Balaban J connectivity index is 2.67. The van der Waals surface area contributed by atoms with E-state index in [0.29, 0.717) is 6.42 Å². The van der Waals surface area contributed by atoms with Crippen LogP contribution >= 0.6 is 0 Å². The molecule has 72 valence electrons. The van der Waals surface area contributed by atoms with E-state index >= 15 is 0 Å². The van der Waals surface area contributed by atoms with E-state index < -0.39 is 6.10 Å². The van der Waals surface area contributed by atoms with Gasteiger partial charge in [0.1, 0.15) is 6.10 Å². The minimum absolute atomic E-state index is 0.513. The van der Waals surface area contributed by atoms with Gasteiger partial charge in [-0.05, 0) is 19.1 Å². The lowest BCUT2D eigenvalue weighted by Crippen LogP contribution is -1.99. The summed E-state index contributed by atoms with van der Waals surface area (Å²) in [6, 6.07) is 7.90. The topological polar surface area (TPSA) is 20.2 Å². The predicted molar refractivity (Wildman–Crippen MR) is 58.9 cm³/mol. The summed E-state index contributed by atoms with van der Waals surface area (Å²) in [7, 11) is 0. The third kappa shape index (κ3) is 3.47. The van der Waals surface area contributed by atoms with E-state index in [9.17, 15) is 5.11 Å². The first kappa shape index (κ1) is 10.6. The van der Waals surface area contributed by atoms with Gasteiger partial charge in [0.25, 0.3) is 0 Å². The quantitative estimate of drug-likeness (QED) is 0.555. The second kappa shape index (κ2) is 5.26. The number of hydrogen-bond donors (Lipinski definition) is 1. The Morgan fingerprint density at radius 3 is 2.64 bits per heavy atom. The number of aliphatic hydroxyl groups excluding tert-OH is 1. The minimum atomic E-state index is -0.603. The molecule has 0 amide bonds. The average Bonchev–Trinajstić information content (AvgIpc) is 2.17. The van der Waals surface area contributed by atoms with Crippen LogP contribution in [0.2, 0.25) is 0 Å². The Morgan fingerprint density at radius 1 is 1.43 bits per heavy atom. The highest BCUT2D eigenvalue weighted by Gasteiger charge is 1.93. The Kier molecular flexibility index (Phi) is 3.97. The van der Waals surface area contributed by atoms with Gasteiger partial charge in [0.2, 0.25) is 0 Å². The molecule has 0 radical (unpaired) electrons. The number of aryl methyl sites for hydroxylation is 1. The van der Waals surface area contributed by atoms with Gasteiger partial charge < -0.3 is 5.11 Å². The lowest BCUT2D eigenvalue weighted by atomic mass is 10.1. The predicted octanol–water partition coefficient (Wildman–Crippen LogP) is 2.28. The molecule has 0 heterocycles. The van der Waals surface area contributed by atoms with Gasteiger partial charge in [0.05, 0.1) is 0 Å². The summed E-state index contributed by atoms with van der Waals surface area (Å²) in [5, 5.41) is 9.32. The molecule has 14 heavy (non-hydrogen) atoms. The summed E-state index contributed by atoms with van der Waals surface area (Å²) < 4.78 is 0. The van der Waals surface area contributed by atoms with Gasteiger partial charge in [-0.25, -0.2) is 0 Å². The standard InChI is InChI=1S/C13H14O/c1-3-4-13(14)10-9-12-7-5-11(2)6-8-12/h3,5-8,13-14H,1,4H2,2H3/t13-/m1/s1. The molecule has 1 rings (SSSR count). The van der Waals surface area contributed by atoms with E-state index in [4.69, 9.17) is 0 Å². The summed E-state index contributed by atoms with van der Waals surface area (Å²) in [5.41, 5.74) is 2.14. The van der Waals surface area contributed by atoms with E-state index in [2.05, 4.69) is 18.4 Å². The fourth-order valence-corrected chi connectivity index (χ4v) is 1.02. The van der Waals surface area contributed by atoms with Crippen LogP contribution in [0.1, 0.15) is 17.5 Å². The summed E-state index contributed by atoms with van der Waals surface area (Å²) in [5.74, 6) is 5.66. The van der Waals surface area contributed by atoms with Crippen molar-refractivity contribution in [2.24, 2.45) is 0 Å². The van der Waals surface area contributed by atoms with Crippen molar-refractivity contribution in [1.82, 2.24) is 0 Å². The maximum absolute atomic E-state index is 9.32. The second-order valence-corrected chi connectivity index (χ2v) is 3.18. The number of rotatable bonds is 2. The first-order valence-electron chi connectivity index (χ1n) is 4.59. The Hall–Kier alpha value is -1.52. The smallest absolute Gasteiger partial charge is 0.118 e. The molecule has 1 atom stereocenters. The Labute approximate surface area is 85.1 Å². The molecule has 0 aliphatic rings. The molecule has 1 nitrogen and oxygen atoms in total. The lowest BCUT2D eigenvalue weighted by Gasteiger charge is -1.96. The van der Waals surface area contributed by atoms with Crippen LogP contribution in [0.15, 0.2) is 36.9 Å². The fourth-order valence-electron chi connectivity index (χ4n) is 1.02. The molecular weight excluding hydrogens is 172 g/mol. The van der Waals surface area contributed by atoms with Crippen molar-refractivity contribution in [2.75, 3.05) is 0 Å². The molecule has 1 N–H and O–H groups in total. The highest BCUT2D eigenvalue weighted by atomic mass is 16.3. The van der Waals surface area contributed by atoms with E-state index in [0.717, 1.165) is 5.56 Å². The first-order valence-corrected chi connectivity index (χ1v) is 4.59. The number of benzene rings is 1. The number of aliphatic hydroxyl groups is 1. The lowest BCUT2D eigenvalue weighted by molar-refractivity contribution is 0.236. The van der Waals surface area contributed by atoms with Crippen molar-refractivity contribution >= 4 is 0 Å². The molecule has 0 saturated heterocycles. The van der Waals surface area contributed by atoms with Crippen molar-refractivity contribution in [3.63, 3.8) is 0 Å². The van der Waals surface area contributed by atoms with Crippen molar-refractivity contribution in [2.45, 2.75) is 19.4 Å². The molecular formula is C13H14O. The van der Waals surface area contributed by atoms with Gasteiger partial charge >= 0.3 is 0 Å². The fraction of sp³-hybridized carbons (Fsp3) is 0.231. The molecule has 1 aromatic rings. The minimum Gasteiger partial charge on any atom is -0.380 e. The van der Waals surface area contributed by atoms with E-state index in [1.54, 1.807) is 6.08 Å². The molecule has 0 aliphatic heterocycles. The Morgan fingerprint density at radius 2 is 2.07 bits per heavy atom. The largest absolute Gasteiger partial charge is 0.380 e. The molecule has 0 fully saturated rings. The van der Waals surface area contributed by atoms with Crippen LogP contribution in [0.4, 0.5) is 0 Å². The summed E-state index contributed by atoms with van der Waals surface area (Å²) in [6.07, 6.45) is 1.57. The SMILES string of the molecule is C=CC[C@@H](O)C#Cc1ccc(C)cc1. The normalized spacial score (nSPS) is 11.3. The van der Waals surface area contributed by atoms with Gasteiger partial charge in [-0.3, -0.25) is 0 Å². The zero-order valence-corrected chi connectivity index (χ0v) is 8.33. The van der Waals surface area contributed by atoms with Gasteiger partial charge in [-0.15, -0.1) is 6.58 Å². The summed E-state index contributed by atoms with van der Waals surface area (Å²) in [4.78, 5) is 0. The van der Waals surface area contributed by atoms with Gasteiger partial charge in [-0.1, -0.05) is 35.6 Å². The third-order valence-corrected chi connectivity index (χ3v) is 1.82. The molecule has 1 aromatic carbocycles. The van der Waals surface area contributed by atoms with Crippen LogP contribution in [0.5, 0.6) is 0 Å². The van der Waals surface area contributed by atoms with E-state index in [1.165, 1.54) is 5.56 Å². The molecule has 0 aromatic heterocycles. The maximum atomic E-state index is 9.32. The van der Waals surface area contributed by atoms with E-state index in [1.807, 2.05) is 31.2 Å². The highest BCUT2D eigenvalue weighted by molar-refractivity contribution is 5.36. The van der Waals surface area contributed by atoms with Gasteiger partial charge in [0.15, 0.2) is 0 Å². The van der Waals surface area contributed by atoms with Crippen LogP contribution < -0.4 is 0 Å². The number of hydrogen-bond acceptors (Lipinski definition) is 1. The zero-order chi connectivity index (χ0) is 10.4. The Bertz CT molecular complexity index is 351. The van der Waals surface area contributed by atoms with Crippen LogP contribution in [-0.2, 0) is 0 Å². The zero-order valence-electron chi connectivity index (χ0n) is 8.33. The first-order chi connectivity index (χ1) is 6.72. The van der Waals surface area contributed by atoms with Crippen LogP contribution in [0.25, 0.3) is 0 Å². The molecule has 0 spiro atoms. The van der Waals surface area contributed by atoms with Crippen molar-refractivity contribution in [1.29, 1.82) is 0 Å². The second-order valence-electron chi connectivity index (χ2n) is 3.18. The van der Waals surface area contributed by atoms with Crippen LogP contribution in [0, 0.1) is 18.8 Å². The van der Waals surface area contributed by atoms with Crippen molar-refractivity contribution in [3.05, 3.63) is 48.0 Å². The molecule has 0 saturated carbocycles. The summed E-state index contributed by atoms with van der Waals surface area (Å²) >= 11 is 0. The summed E-state index contributed by atoms with van der Waals surface area (Å²) in [6.45, 7) is 5.57. The van der Waals surface area contributed by atoms with Crippen molar-refractivity contribution in [3.8, 4) is 11.8 Å². The highest BCUT2D eigenvalue weighted by Crippen LogP contribution is 2.01.